The van der Waals surface area contributed by atoms with Crippen LogP contribution in [0.25, 0.3) is 22.2 Å². The minimum atomic E-state index is 0.850. The maximum atomic E-state index is 5.22. The van der Waals surface area contributed by atoms with Crippen molar-refractivity contribution >= 4 is 10.9 Å². The SMILES string of the molecule is Cc1oncc1-c1[nH]c2ccccc2c1CCN(C)C. The van der Waals surface area contributed by atoms with Crippen LogP contribution in [0.5, 0.6) is 0 Å². The second-order valence-corrected chi connectivity index (χ2v) is 5.37. The van der Waals surface area contributed by atoms with Crippen molar-refractivity contribution in [3.8, 4) is 11.3 Å². The number of hydrogen-bond acceptors (Lipinski definition) is 3. The van der Waals surface area contributed by atoms with Crippen molar-refractivity contribution < 1.29 is 4.52 Å². The average molecular weight is 269 g/mol. The largest absolute Gasteiger partial charge is 0.361 e. The van der Waals surface area contributed by atoms with E-state index < -0.39 is 0 Å². The van der Waals surface area contributed by atoms with Crippen LogP contribution in [0.3, 0.4) is 0 Å². The molecule has 0 aliphatic heterocycles. The van der Waals surface area contributed by atoms with Crippen molar-refractivity contribution in [1.82, 2.24) is 15.0 Å². The number of H-pyrrole nitrogens is 1. The fraction of sp³-hybridized carbons (Fsp3) is 0.312. The highest BCUT2D eigenvalue weighted by Crippen LogP contribution is 2.32. The normalized spacial score (nSPS) is 11.6. The first kappa shape index (κ1) is 12.9. The summed E-state index contributed by atoms with van der Waals surface area (Å²) in [5.41, 5.74) is 4.68. The Morgan fingerprint density at radius 2 is 2.05 bits per heavy atom. The van der Waals surface area contributed by atoms with E-state index in [4.69, 9.17) is 4.52 Å². The van der Waals surface area contributed by atoms with Crippen LogP contribution >= 0.6 is 0 Å². The number of fused-ring (bicyclic) bond motifs is 1. The number of aryl methyl sites for hydroxylation is 1. The summed E-state index contributed by atoms with van der Waals surface area (Å²) in [4.78, 5) is 5.71. The molecule has 0 radical (unpaired) electrons. The Balaban J connectivity index is 2.15. The molecule has 0 bridgehead atoms. The number of likely N-dealkylation sites (N-methyl/N-ethyl adjacent to an activating group) is 1. The molecule has 0 atom stereocenters. The molecule has 20 heavy (non-hydrogen) atoms. The number of hydrogen-bond donors (Lipinski definition) is 1. The van der Waals surface area contributed by atoms with E-state index in [1.807, 2.05) is 6.92 Å². The molecule has 4 heteroatoms. The van der Waals surface area contributed by atoms with Crippen LogP contribution in [0, 0.1) is 6.92 Å². The van der Waals surface area contributed by atoms with Gasteiger partial charge in [0, 0.05) is 17.4 Å². The lowest BCUT2D eigenvalue weighted by atomic mass is 10.0. The molecular weight excluding hydrogens is 250 g/mol. The van der Waals surface area contributed by atoms with Crippen LogP contribution in [-0.4, -0.2) is 35.7 Å². The van der Waals surface area contributed by atoms with E-state index in [-0.39, 0.29) is 0 Å². The third-order valence-corrected chi connectivity index (χ3v) is 3.64. The molecule has 0 unspecified atom stereocenters. The Hall–Kier alpha value is -2.07. The second-order valence-electron chi connectivity index (χ2n) is 5.37. The average Bonchev–Trinajstić information content (AvgIpc) is 2.99. The first-order valence-electron chi connectivity index (χ1n) is 6.83. The topological polar surface area (TPSA) is 45.1 Å². The Labute approximate surface area is 118 Å². The Bertz CT molecular complexity index is 724. The fourth-order valence-electron chi connectivity index (χ4n) is 2.56. The third-order valence-electron chi connectivity index (χ3n) is 3.64. The van der Waals surface area contributed by atoms with E-state index >= 15 is 0 Å². The molecule has 0 spiro atoms. The minimum Gasteiger partial charge on any atom is -0.361 e. The first-order chi connectivity index (χ1) is 9.66. The summed E-state index contributed by atoms with van der Waals surface area (Å²) >= 11 is 0. The summed E-state index contributed by atoms with van der Waals surface area (Å²) in [5.74, 6) is 0.850. The minimum absolute atomic E-state index is 0.850. The molecule has 0 aliphatic carbocycles. The van der Waals surface area contributed by atoms with Gasteiger partial charge in [0.15, 0.2) is 0 Å². The predicted molar refractivity (Wildman–Crippen MR) is 80.8 cm³/mol. The summed E-state index contributed by atoms with van der Waals surface area (Å²) in [6.45, 7) is 2.96. The fourth-order valence-corrected chi connectivity index (χ4v) is 2.56. The number of benzene rings is 1. The van der Waals surface area contributed by atoms with Crippen molar-refractivity contribution in [1.29, 1.82) is 0 Å². The van der Waals surface area contributed by atoms with Crippen LogP contribution in [0.2, 0.25) is 0 Å². The van der Waals surface area contributed by atoms with Crippen molar-refractivity contribution in [2.45, 2.75) is 13.3 Å². The van der Waals surface area contributed by atoms with Crippen molar-refractivity contribution in [2.24, 2.45) is 0 Å². The van der Waals surface area contributed by atoms with Gasteiger partial charge in [0.1, 0.15) is 5.76 Å². The van der Waals surface area contributed by atoms with E-state index in [0.717, 1.165) is 35.5 Å². The predicted octanol–water partition coefficient (Wildman–Crippen LogP) is 3.24. The lowest BCUT2D eigenvalue weighted by Gasteiger charge is -2.10. The molecule has 0 amide bonds. The van der Waals surface area contributed by atoms with Crippen LogP contribution < -0.4 is 0 Å². The number of para-hydroxylation sites is 1. The molecule has 2 heterocycles. The molecule has 0 fully saturated rings. The van der Waals surface area contributed by atoms with Gasteiger partial charge in [-0.1, -0.05) is 23.4 Å². The maximum Gasteiger partial charge on any atom is 0.142 e. The van der Waals surface area contributed by atoms with E-state index in [2.05, 4.69) is 53.4 Å². The van der Waals surface area contributed by atoms with Crippen molar-refractivity contribution in [3.63, 3.8) is 0 Å². The molecule has 4 nitrogen and oxygen atoms in total. The van der Waals surface area contributed by atoms with E-state index in [1.165, 1.54) is 10.9 Å². The quantitative estimate of drug-likeness (QED) is 0.791. The molecular formula is C16H19N3O. The van der Waals surface area contributed by atoms with Gasteiger partial charge >= 0.3 is 0 Å². The number of nitrogens with one attached hydrogen (secondary N) is 1. The first-order valence-corrected chi connectivity index (χ1v) is 6.83. The van der Waals surface area contributed by atoms with Gasteiger partial charge in [-0.15, -0.1) is 0 Å². The van der Waals surface area contributed by atoms with Gasteiger partial charge in [0.2, 0.25) is 0 Å². The van der Waals surface area contributed by atoms with Crippen molar-refractivity contribution in [3.05, 3.63) is 41.8 Å². The summed E-state index contributed by atoms with van der Waals surface area (Å²) in [7, 11) is 4.19. The highest BCUT2D eigenvalue weighted by molar-refractivity contribution is 5.90. The number of aromatic amines is 1. The number of aromatic nitrogens is 2. The summed E-state index contributed by atoms with van der Waals surface area (Å²) in [6.07, 6.45) is 2.79. The molecule has 3 aromatic rings. The standard InChI is InChI=1S/C16H19N3O/c1-11-14(10-17-20-11)16-13(8-9-19(2)3)12-6-4-5-7-15(12)18-16/h4-7,10,18H,8-9H2,1-3H3. The second kappa shape index (κ2) is 5.13. The Kier molecular flexibility index (Phi) is 3.32. The highest BCUT2D eigenvalue weighted by Gasteiger charge is 2.16. The molecule has 1 N–H and O–H groups in total. The van der Waals surface area contributed by atoms with E-state index in [9.17, 15) is 0 Å². The smallest absolute Gasteiger partial charge is 0.142 e. The molecule has 0 saturated carbocycles. The van der Waals surface area contributed by atoms with Gasteiger partial charge in [-0.25, -0.2) is 0 Å². The third kappa shape index (κ3) is 2.23. The van der Waals surface area contributed by atoms with E-state index in [1.54, 1.807) is 6.20 Å². The number of rotatable bonds is 4. The molecule has 1 aromatic carbocycles. The highest BCUT2D eigenvalue weighted by atomic mass is 16.5. The molecule has 2 aromatic heterocycles. The van der Waals surface area contributed by atoms with Gasteiger partial charge in [-0.2, -0.15) is 0 Å². The van der Waals surface area contributed by atoms with Crippen LogP contribution in [0.1, 0.15) is 11.3 Å². The summed E-state index contributed by atoms with van der Waals surface area (Å²) in [5, 5.41) is 5.18. The number of nitrogens with zero attached hydrogens (tertiary/aromatic N) is 2. The molecule has 3 rings (SSSR count). The van der Waals surface area contributed by atoms with Gasteiger partial charge in [-0.05, 0) is 39.1 Å². The monoisotopic (exact) mass is 269 g/mol. The molecule has 0 saturated heterocycles. The van der Waals surface area contributed by atoms with Gasteiger partial charge in [-0.3, -0.25) is 0 Å². The lowest BCUT2D eigenvalue weighted by Crippen LogP contribution is -2.15. The van der Waals surface area contributed by atoms with Gasteiger partial charge in [0.25, 0.3) is 0 Å². The van der Waals surface area contributed by atoms with E-state index in [0.29, 0.717) is 0 Å². The summed E-state index contributed by atoms with van der Waals surface area (Å²) in [6, 6.07) is 8.42. The lowest BCUT2D eigenvalue weighted by molar-refractivity contribution is 0.398. The molecule has 0 aliphatic rings. The van der Waals surface area contributed by atoms with Gasteiger partial charge < -0.3 is 14.4 Å². The van der Waals surface area contributed by atoms with Crippen LogP contribution in [-0.2, 0) is 6.42 Å². The van der Waals surface area contributed by atoms with Crippen molar-refractivity contribution in [2.75, 3.05) is 20.6 Å². The molecule has 104 valence electrons. The zero-order chi connectivity index (χ0) is 14.1. The maximum absolute atomic E-state index is 5.22. The van der Waals surface area contributed by atoms with Crippen LogP contribution in [0.15, 0.2) is 35.0 Å². The summed E-state index contributed by atoms with van der Waals surface area (Å²) < 4.78 is 5.22. The van der Waals surface area contributed by atoms with Gasteiger partial charge in [0.05, 0.1) is 17.5 Å². The van der Waals surface area contributed by atoms with Crippen LogP contribution in [0.4, 0.5) is 0 Å². The zero-order valence-electron chi connectivity index (χ0n) is 12.1. The Morgan fingerprint density at radius 3 is 2.75 bits per heavy atom. The Morgan fingerprint density at radius 1 is 1.25 bits per heavy atom. The zero-order valence-corrected chi connectivity index (χ0v) is 12.1.